The molecule has 0 amide bonds. The van der Waals surface area contributed by atoms with E-state index in [9.17, 15) is 8.78 Å². The van der Waals surface area contributed by atoms with E-state index in [1.807, 2.05) is 35.7 Å². The molecule has 0 aliphatic heterocycles. The number of anilines is 1. The fraction of sp³-hybridized carbons (Fsp3) is 0.111. The summed E-state index contributed by atoms with van der Waals surface area (Å²) in [6.07, 6.45) is 3.45. The monoisotopic (exact) mass is 324 g/mol. The van der Waals surface area contributed by atoms with E-state index in [0.717, 1.165) is 23.1 Å². The average Bonchev–Trinajstić information content (AvgIpc) is 2.97. The quantitative estimate of drug-likeness (QED) is 0.617. The number of hydrogen-bond acceptors (Lipinski definition) is 3. The molecule has 6 heteroatoms. The highest BCUT2D eigenvalue weighted by Gasteiger charge is 2.10. The summed E-state index contributed by atoms with van der Waals surface area (Å²) in [4.78, 5) is 8.52. The Morgan fingerprint density at radius 2 is 2.04 bits per heavy atom. The van der Waals surface area contributed by atoms with Crippen molar-refractivity contribution in [3.8, 4) is 0 Å². The minimum Gasteiger partial charge on any atom is -0.379 e. The smallest absolute Gasteiger partial charge is 0.152 e. The van der Waals surface area contributed by atoms with Crippen molar-refractivity contribution in [1.29, 1.82) is 0 Å². The van der Waals surface area contributed by atoms with Crippen LogP contribution >= 0.6 is 0 Å². The van der Waals surface area contributed by atoms with Gasteiger partial charge in [-0.3, -0.25) is 4.98 Å². The summed E-state index contributed by atoms with van der Waals surface area (Å²) < 4.78 is 29.3. The van der Waals surface area contributed by atoms with Crippen molar-refractivity contribution in [2.75, 3.05) is 5.32 Å². The van der Waals surface area contributed by atoms with Crippen LogP contribution in [-0.4, -0.2) is 14.4 Å². The van der Waals surface area contributed by atoms with Crippen LogP contribution in [0.3, 0.4) is 0 Å². The lowest BCUT2D eigenvalue weighted by molar-refractivity contribution is 0.590. The second kappa shape index (κ2) is 5.56. The standard InChI is InChI=1S/C18H14F2N4/c1-11-3-2-4-17-23-13(10-24(11)17)9-22-16-5-6-21-18-14(16)7-12(19)8-15(18)20/h2-8,10H,9H2,1H3,(H,21,22). The number of nitrogens with zero attached hydrogens (tertiary/aromatic N) is 3. The number of pyridine rings is 2. The Morgan fingerprint density at radius 1 is 1.17 bits per heavy atom. The van der Waals surface area contributed by atoms with E-state index in [1.165, 1.54) is 12.3 Å². The minimum absolute atomic E-state index is 0.146. The van der Waals surface area contributed by atoms with Crippen molar-refractivity contribution < 1.29 is 8.78 Å². The number of halogens is 2. The Bertz CT molecular complexity index is 1060. The molecule has 3 heterocycles. The number of hydrogen-bond donors (Lipinski definition) is 1. The number of aryl methyl sites for hydroxylation is 1. The molecule has 0 saturated carbocycles. The first-order valence-corrected chi connectivity index (χ1v) is 7.53. The molecule has 4 rings (SSSR count). The molecule has 0 unspecified atom stereocenters. The van der Waals surface area contributed by atoms with Crippen molar-refractivity contribution >= 4 is 22.2 Å². The molecule has 4 aromatic rings. The van der Waals surface area contributed by atoms with Gasteiger partial charge >= 0.3 is 0 Å². The molecule has 0 atom stereocenters. The molecule has 120 valence electrons. The lowest BCUT2D eigenvalue weighted by Crippen LogP contribution is -2.01. The minimum atomic E-state index is -0.669. The molecule has 0 spiro atoms. The summed E-state index contributed by atoms with van der Waals surface area (Å²) in [5.74, 6) is -1.29. The van der Waals surface area contributed by atoms with Gasteiger partial charge in [0.15, 0.2) is 5.82 Å². The van der Waals surface area contributed by atoms with Gasteiger partial charge in [0.05, 0.1) is 12.2 Å². The van der Waals surface area contributed by atoms with Crippen LogP contribution in [0.2, 0.25) is 0 Å². The molecule has 0 fully saturated rings. The molecular formula is C18H14F2N4. The second-order valence-corrected chi connectivity index (χ2v) is 5.62. The summed E-state index contributed by atoms with van der Waals surface area (Å²) in [6.45, 7) is 2.45. The fourth-order valence-electron chi connectivity index (χ4n) is 2.80. The third-order valence-corrected chi connectivity index (χ3v) is 3.97. The Hall–Kier alpha value is -3.02. The number of fused-ring (bicyclic) bond motifs is 2. The summed E-state index contributed by atoms with van der Waals surface area (Å²) in [5, 5.41) is 3.60. The zero-order chi connectivity index (χ0) is 16.7. The Balaban J connectivity index is 1.68. The molecule has 1 aromatic carbocycles. The number of aromatic nitrogens is 3. The van der Waals surface area contributed by atoms with Crippen LogP contribution < -0.4 is 5.32 Å². The van der Waals surface area contributed by atoms with E-state index < -0.39 is 11.6 Å². The normalized spacial score (nSPS) is 11.3. The van der Waals surface area contributed by atoms with Crippen molar-refractivity contribution in [3.63, 3.8) is 0 Å². The van der Waals surface area contributed by atoms with Crippen LogP contribution in [0.15, 0.2) is 48.8 Å². The maximum absolute atomic E-state index is 13.8. The van der Waals surface area contributed by atoms with Crippen LogP contribution in [0.4, 0.5) is 14.5 Å². The highest BCUT2D eigenvalue weighted by atomic mass is 19.1. The maximum Gasteiger partial charge on any atom is 0.152 e. The van der Waals surface area contributed by atoms with Gasteiger partial charge in [0.2, 0.25) is 0 Å². The van der Waals surface area contributed by atoms with E-state index in [1.54, 1.807) is 6.07 Å². The molecule has 1 N–H and O–H groups in total. The van der Waals surface area contributed by atoms with Gasteiger partial charge < -0.3 is 9.72 Å². The summed E-state index contributed by atoms with van der Waals surface area (Å²) in [6, 6.07) is 9.71. The predicted molar refractivity (Wildman–Crippen MR) is 88.9 cm³/mol. The molecular weight excluding hydrogens is 310 g/mol. The highest BCUT2D eigenvalue weighted by Crippen LogP contribution is 2.25. The lowest BCUT2D eigenvalue weighted by atomic mass is 10.1. The van der Waals surface area contributed by atoms with Gasteiger partial charge in [0, 0.05) is 35.2 Å². The first-order chi connectivity index (χ1) is 11.6. The highest BCUT2D eigenvalue weighted by molar-refractivity contribution is 5.91. The Labute approximate surface area is 136 Å². The van der Waals surface area contributed by atoms with Gasteiger partial charge in [-0.2, -0.15) is 0 Å². The zero-order valence-electron chi connectivity index (χ0n) is 12.9. The molecule has 0 bridgehead atoms. The van der Waals surface area contributed by atoms with Crippen molar-refractivity contribution in [2.45, 2.75) is 13.5 Å². The van der Waals surface area contributed by atoms with Gasteiger partial charge in [0.25, 0.3) is 0 Å². The maximum atomic E-state index is 13.8. The molecule has 0 aliphatic rings. The average molecular weight is 324 g/mol. The van der Waals surface area contributed by atoms with Gasteiger partial charge in [-0.1, -0.05) is 6.07 Å². The zero-order valence-corrected chi connectivity index (χ0v) is 12.9. The van der Waals surface area contributed by atoms with Crippen LogP contribution in [0.25, 0.3) is 16.6 Å². The van der Waals surface area contributed by atoms with Crippen molar-refractivity contribution in [3.05, 3.63) is 71.8 Å². The molecule has 0 radical (unpaired) electrons. The van der Waals surface area contributed by atoms with Crippen LogP contribution in [0.5, 0.6) is 0 Å². The van der Waals surface area contributed by atoms with Gasteiger partial charge in [-0.25, -0.2) is 13.8 Å². The number of rotatable bonds is 3. The molecule has 0 saturated heterocycles. The summed E-state index contributed by atoms with van der Waals surface area (Å²) >= 11 is 0. The first-order valence-electron chi connectivity index (χ1n) is 7.53. The SMILES string of the molecule is Cc1cccc2nc(CNc3ccnc4c(F)cc(F)cc34)cn12. The lowest BCUT2D eigenvalue weighted by Gasteiger charge is -2.08. The molecule has 24 heavy (non-hydrogen) atoms. The predicted octanol–water partition coefficient (Wildman–Crippen LogP) is 4.08. The Kier molecular flexibility index (Phi) is 3.37. The van der Waals surface area contributed by atoms with Crippen LogP contribution in [-0.2, 0) is 6.54 Å². The summed E-state index contributed by atoms with van der Waals surface area (Å²) in [5.41, 5.74) is 3.55. The summed E-state index contributed by atoms with van der Waals surface area (Å²) in [7, 11) is 0. The number of benzene rings is 1. The largest absolute Gasteiger partial charge is 0.379 e. The van der Waals surface area contributed by atoms with E-state index in [-0.39, 0.29) is 5.52 Å². The van der Waals surface area contributed by atoms with E-state index in [0.29, 0.717) is 17.6 Å². The topological polar surface area (TPSA) is 42.2 Å². The van der Waals surface area contributed by atoms with Crippen molar-refractivity contribution in [1.82, 2.24) is 14.4 Å². The van der Waals surface area contributed by atoms with Gasteiger partial charge in [-0.15, -0.1) is 0 Å². The van der Waals surface area contributed by atoms with Crippen LogP contribution in [0.1, 0.15) is 11.4 Å². The Morgan fingerprint density at radius 3 is 2.88 bits per heavy atom. The second-order valence-electron chi connectivity index (χ2n) is 5.62. The molecule has 4 nitrogen and oxygen atoms in total. The number of imidazole rings is 1. The van der Waals surface area contributed by atoms with Crippen LogP contribution in [0, 0.1) is 18.6 Å². The van der Waals surface area contributed by atoms with Crippen molar-refractivity contribution in [2.24, 2.45) is 0 Å². The number of nitrogens with one attached hydrogen (secondary N) is 1. The molecule has 3 aromatic heterocycles. The van der Waals surface area contributed by atoms with Gasteiger partial charge in [-0.05, 0) is 31.2 Å². The van der Waals surface area contributed by atoms with E-state index >= 15 is 0 Å². The van der Waals surface area contributed by atoms with E-state index in [4.69, 9.17) is 0 Å². The first kappa shape index (κ1) is 14.6. The third kappa shape index (κ3) is 2.46. The molecule has 0 aliphatic carbocycles. The third-order valence-electron chi connectivity index (χ3n) is 3.97. The fourth-order valence-corrected chi connectivity index (χ4v) is 2.80. The van der Waals surface area contributed by atoms with Gasteiger partial charge in [0.1, 0.15) is 17.0 Å². The van der Waals surface area contributed by atoms with E-state index in [2.05, 4.69) is 15.3 Å².